The molecule has 3 aliphatic heterocycles. The fraction of sp³-hybridized carbons (Fsp3) is 0.905. The number of carbonyl (C=O) groups excluding carboxylic acids is 1. The van der Waals surface area contributed by atoms with Gasteiger partial charge in [-0.3, -0.25) is 14.7 Å². The van der Waals surface area contributed by atoms with Gasteiger partial charge in [-0.2, -0.15) is 0 Å². The van der Waals surface area contributed by atoms with Gasteiger partial charge in [0.15, 0.2) is 5.96 Å². The van der Waals surface area contributed by atoms with Crippen molar-refractivity contribution < 1.29 is 4.79 Å². The largest absolute Gasteiger partial charge is 0.357 e. The number of nitrogens with one attached hydrogen (secondary N) is 1. The van der Waals surface area contributed by atoms with Gasteiger partial charge in [0.25, 0.3) is 0 Å². The fourth-order valence-electron chi connectivity index (χ4n) is 4.62. The second kappa shape index (κ2) is 12.9. The monoisotopic (exact) mass is 520 g/mol. The summed E-state index contributed by atoms with van der Waals surface area (Å²) in [5.74, 6) is 2.05. The maximum absolute atomic E-state index is 12.5. The molecule has 0 aromatic heterocycles. The first-order valence-corrected chi connectivity index (χ1v) is 11.4. The standard InChI is InChI=1S/C21H40N6O.HI/c1-3-22-21(23-16-19-8-7-9-24(2)17-19)27-14-12-25(13-15-27)18-20(28)26-10-5-4-6-11-26;/h19H,3-18H2,1-2H3,(H,22,23);1H. The Kier molecular flexibility index (Phi) is 11.0. The minimum atomic E-state index is 0. The number of hydrogen-bond donors (Lipinski definition) is 1. The maximum atomic E-state index is 12.5. The Morgan fingerprint density at radius 3 is 2.34 bits per heavy atom. The summed E-state index contributed by atoms with van der Waals surface area (Å²) in [6.45, 7) is 12.6. The minimum absolute atomic E-state index is 0. The van der Waals surface area contributed by atoms with Gasteiger partial charge in [0.1, 0.15) is 0 Å². The van der Waals surface area contributed by atoms with Crippen molar-refractivity contribution in [3.63, 3.8) is 0 Å². The highest BCUT2D eigenvalue weighted by molar-refractivity contribution is 14.0. The van der Waals surface area contributed by atoms with Gasteiger partial charge in [-0.15, -0.1) is 24.0 Å². The normalized spacial score (nSPS) is 24.9. The highest BCUT2D eigenvalue weighted by Gasteiger charge is 2.24. The van der Waals surface area contributed by atoms with Gasteiger partial charge in [0.05, 0.1) is 6.54 Å². The number of piperazine rings is 1. The molecule has 168 valence electrons. The third kappa shape index (κ3) is 7.86. The van der Waals surface area contributed by atoms with E-state index in [1.165, 1.54) is 38.6 Å². The molecule has 3 aliphatic rings. The zero-order chi connectivity index (χ0) is 19.8. The molecule has 1 atom stereocenters. The van der Waals surface area contributed by atoms with Gasteiger partial charge < -0.3 is 20.0 Å². The molecule has 0 aromatic rings. The van der Waals surface area contributed by atoms with Gasteiger partial charge in [0, 0.05) is 58.9 Å². The van der Waals surface area contributed by atoms with Crippen LogP contribution in [0.3, 0.4) is 0 Å². The van der Waals surface area contributed by atoms with E-state index in [2.05, 4.69) is 38.9 Å². The molecular formula is C21H41IN6O. The van der Waals surface area contributed by atoms with Crippen LogP contribution in [0.15, 0.2) is 4.99 Å². The molecule has 0 aromatic carbocycles. The van der Waals surface area contributed by atoms with E-state index in [9.17, 15) is 4.79 Å². The lowest BCUT2D eigenvalue weighted by atomic mass is 9.99. The van der Waals surface area contributed by atoms with E-state index in [1.54, 1.807) is 0 Å². The molecule has 3 fully saturated rings. The van der Waals surface area contributed by atoms with Crippen LogP contribution in [-0.2, 0) is 4.79 Å². The molecule has 1 N–H and O–H groups in total. The van der Waals surface area contributed by atoms with E-state index in [-0.39, 0.29) is 24.0 Å². The van der Waals surface area contributed by atoms with Crippen LogP contribution in [-0.4, -0.2) is 111 Å². The third-order valence-electron chi connectivity index (χ3n) is 6.30. The van der Waals surface area contributed by atoms with E-state index in [1.807, 2.05) is 0 Å². The van der Waals surface area contributed by atoms with Crippen molar-refractivity contribution >= 4 is 35.8 Å². The minimum Gasteiger partial charge on any atom is -0.357 e. The van der Waals surface area contributed by atoms with Crippen LogP contribution in [0, 0.1) is 5.92 Å². The molecule has 29 heavy (non-hydrogen) atoms. The zero-order valence-electron chi connectivity index (χ0n) is 18.4. The summed E-state index contributed by atoms with van der Waals surface area (Å²) in [6, 6.07) is 0. The van der Waals surface area contributed by atoms with E-state index < -0.39 is 0 Å². The predicted molar refractivity (Wildman–Crippen MR) is 130 cm³/mol. The number of amides is 1. The lowest BCUT2D eigenvalue weighted by Crippen LogP contribution is -2.54. The number of piperidine rings is 2. The number of guanidine groups is 1. The first-order valence-electron chi connectivity index (χ1n) is 11.4. The summed E-state index contributed by atoms with van der Waals surface area (Å²) in [6.07, 6.45) is 6.18. The molecule has 3 heterocycles. The number of halogens is 1. The molecule has 8 heteroatoms. The first-order chi connectivity index (χ1) is 13.7. The van der Waals surface area contributed by atoms with Crippen molar-refractivity contribution in [3.8, 4) is 0 Å². The number of carbonyl (C=O) groups is 1. The highest BCUT2D eigenvalue weighted by atomic mass is 127. The molecule has 0 bridgehead atoms. The van der Waals surface area contributed by atoms with E-state index >= 15 is 0 Å². The molecule has 1 unspecified atom stereocenters. The SMILES string of the molecule is CCNC(=NCC1CCCN(C)C1)N1CCN(CC(=O)N2CCCCC2)CC1.I. The number of rotatable bonds is 5. The topological polar surface area (TPSA) is 54.4 Å². The van der Waals surface area contributed by atoms with Crippen LogP contribution in [0.5, 0.6) is 0 Å². The van der Waals surface area contributed by atoms with Crippen LogP contribution in [0.25, 0.3) is 0 Å². The summed E-state index contributed by atoms with van der Waals surface area (Å²) < 4.78 is 0. The summed E-state index contributed by atoms with van der Waals surface area (Å²) in [7, 11) is 2.21. The molecule has 1 amide bonds. The molecule has 3 rings (SSSR count). The molecule has 0 radical (unpaired) electrons. The summed E-state index contributed by atoms with van der Waals surface area (Å²) in [5, 5.41) is 3.48. The Labute approximate surface area is 194 Å². The molecule has 7 nitrogen and oxygen atoms in total. The van der Waals surface area contributed by atoms with Crippen molar-refractivity contribution in [2.24, 2.45) is 10.9 Å². The van der Waals surface area contributed by atoms with Crippen LogP contribution < -0.4 is 5.32 Å². The summed E-state index contributed by atoms with van der Waals surface area (Å²) in [4.78, 5) is 26.7. The molecule has 0 spiro atoms. The third-order valence-corrected chi connectivity index (χ3v) is 6.30. The second-order valence-corrected chi connectivity index (χ2v) is 8.67. The van der Waals surface area contributed by atoms with Gasteiger partial charge in [0.2, 0.25) is 5.91 Å². The summed E-state index contributed by atoms with van der Waals surface area (Å²) in [5.41, 5.74) is 0. The van der Waals surface area contributed by atoms with Crippen molar-refractivity contribution in [2.45, 2.75) is 39.0 Å². The summed E-state index contributed by atoms with van der Waals surface area (Å²) >= 11 is 0. The van der Waals surface area contributed by atoms with Gasteiger partial charge in [-0.1, -0.05) is 0 Å². The Hall–Kier alpha value is -0.610. The Morgan fingerprint density at radius 2 is 1.69 bits per heavy atom. The number of nitrogens with zero attached hydrogens (tertiary/aromatic N) is 5. The quantitative estimate of drug-likeness (QED) is 0.339. The van der Waals surface area contributed by atoms with Crippen LogP contribution >= 0.6 is 24.0 Å². The number of hydrogen-bond acceptors (Lipinski definition) is 4. The van der Waals surface area contributed by atoms with Crippen molar-refractivity contribution in [2.75, 3.05) is 79.0 Å². The second-order valence-electron chi connectivity index (χ2n) is 8.67. The fourth-order valence-corrected chi connectivity index (χ4v) is 4.62. The van der Waals surface area contributed by atoms with Gasteiger partial charge >= 0.3 is 0 Å². The van der Waals surface area contributed by atoms with Gasteiger partial charge in [-0.05, 0) is 58.5 Å². The van der Waals surface area contributed by atoms with Crippen molar-refractivity contribution in [1.82, 2.24) is 24.9 Å². The first kappa shape index (κ1) is 24.7. The van der Waals surface area contributed by atoms with E-state index in [0.29, 0.717) is 18.4 Å². The van der Waals surface area contributed by atoms with E-state index in [0.717, 1.165) is 64.9 Å². The van der Waals surface area contributed by atoms with E-state index in [4.69, 9.17) is 4.99 Å². The Morgan fingerprint density at radius 1 is 0.966 bits per heavy atom. The maximum Gasteiger partial charge on any atom is 0.236 e. The number of aliphatic imine (C=N–C) groups is 1. The van der Waals surface area contributed by atoms with Crippen molar-refractivity contribution in [3.05, 3.63) is 0 Å². The van der Waals surface area contributed by atoms with Gasteiger partial charge in [-0.25, -0.2) is 0 Å². The lowest BCUT2D eigenvalue weighted by Gasteiger charge is -2.37. The molecule has 0 saturated carbocycles. The van der Waals surface area contributed by atoms with Crippen LogP contribution in [0.1, 0.15) is 39.0 Å². The van der Waals surface area contributed by atoms with Crippen molar-refractivity contribution in [1.29, 1.82) is 0 Å². The average molecular weight is 521 g/mol. The average Bonchev–Trinajstić information content (AvgIpc) is 2.72. The Balaban J connectivity index is 0.00000300. The molecule has 3 saturated heterocycles. The Bertz CT molecular complexity index is 517. The van der Waals surface area contributed by atoms with Crippen LogP contribution in [0.4, 0.5) is 0 Å². The highest BCUT2D eigenvalue weighted by Crippen LogP contribution is 2.15. The molecule has 0 aliphatic carbocycles. The number of likely N-dealkylation sites (tertiary alicyclic amines) is 2. The molecular weight excluding hydrogens is 479 g/mol. The predicted octanol–water partition coefficient (Wildman–Crippen LogP) is 1.54. The smallest absolute Gasteiger partial charge is 0.236 e. The van der Waals surface area contributed by atoms with Crippen LogP contribution in [0.2, 0.25) is 0 Å². The zero-order valence-corrected chi connectivity index (χ0v) is 20.8. The lowest BCUT2D eigenvalue weighted by molar-refractivity contribution is -0.133.